The molecule has 0 radical (unpaired) electrons. The van der Waals surface area contributed by atoms with Crippen LogP contribution in [-0.2, 0) is 16.1 Å². The van der Waals surface area contributed by atoms with Crippen LogP contribution in [0.15, 0.2) is 24.3 Å². The van der Waals surface area contributed by atoms with E-state index in [4.69, 9.17) is 16.4 Å². The van der Waals surface area contributed by atoms with E-state index in [1.807, 2.05) is 38.1 Å². The van der Waals surface area contributed by atoms with Crippen LogP contribution in [0.25, 0.3) is 0 Å². The monoisotopic (exact) mass is 255 g/mol. The molecule has 94 valence electrons. The first kappa shape index (κ1) is 14.0. The van der Waals surface area contributed by atoms with Crippen LogP contribution >= 0.6 is 11.6 Å². The SMILES string of the molecule is CC(C)CONC(=O)CCc1ccccc1Cl. The quantitative estimate of drug-likeness (QED) is 0.794. The van der Waals surface area contributed by atoms with Gasteiger partial charge in [-0.3, -0.25) is 9.63 Å². The van der Waals surface area contributed by atoms with Crippen LogP contribution in [0.1, 0.15) is 25.8 Å². The summed E-state index contributed by atoms with van der Waals surface area (Å²) in [5.41, 5.74) is 3.40. The molecular formula is C13H18ClNO2. The predicted molar refractivity (Wildman–Crippen MR) is 68.7 cm³/mol. The van der Waals surface area contributed by atoms with Crippen molar-refractivity contribution in [2.24, 2.45) is 5.92 Å². The zero-order valence-electron chi connectivity index (χ0n) is 10.2. The summed E-state index contributed by atoms with van der Waals surface area (Å²) in [6.07, 6.45) is 0.998. The molecule has 0 unspecified atom stereocenters. The van der Waals surface area contributed by atoms with Gasteiger partial charge in [0.1, 0.15) is 0 Å². The minimum atomic E-state index is -0.120. The lowest BCUT2D eigenvalue weighted by Gasteiger charge is -2.08. The molecule has 3 nitrogen and oxygen atoms in total. The number of carbonyl (C=O) groups is 1. The number of amides is 1. The molecule has 1 amide bonds. The Hall–Kier alpha value is -1.06. The Bertz CT molecular complexity index is 366. The molecule has 0 atom stereocenters. The highest BCUT2D eigenvalue weighted by molar-refractivity contribution is 6.31. The van der Waals surface area contributed by atoms with Crippen LogP contribution < -0.4 is 5.48 Å². The van der Waals surface area contributed by atoms with E-state index in [0.717, 1.165) is 5.56 Å². The highest BCUT2D eigenvalue weighted by Gasteiger charge is 2.05. The summed E-state index contributed by atoms with van der Waals surface area (Å²) in [5, 5.41) is 0.698. The smallest absolute Gasteiger partial charge is 0.243 e. The van der Waals surface area contributed by atoms with Gasteiger partial charge in [-0.25, -0.2) is 5.48 Å². The molecule has 1 aromatic carbocycles. The van der Waals surface area contributed by atoms with Gasteiger partial charge in [-0.05, 0) is 24.0 Å². The van der Waals surface area contributed by atoms with Gasteiger partial charge < -0.3 is 0 Å². The summed E-state index contributed by atoms with van der Waals surface area (Å²) in [6.45, 7) is 4.57. The van der Waals surface area contributed by atoms with Crippen molar-refractivity contribution in [3.63, 3.8) is 0 Å². The zero-order valence-corrected chi connectivity index (χ0v) is 11.0. The van der Waals surface area contributed by atoms with Crippen molar-refractivity contribution in [2.75, 3.05) is 6.61 Å². The van der Waals surface area contributed by atoms with Crippen molar-refractivity contribution in [3.05, 3.63) is 34.9 Å². The topological polar surface area (TPSA) is 38.3 Å². The number of carbonyl (C=O) groups excluding carboxylic acids is 1. The summed E-state index contributed by atoms with van der Waals surface area (Å²) < 4.78 is 0. The van der Waals surface area contributed by atoms with Crippen molar-refractivity contribution >= 4 is 17.5 Å². The van der Waals surface area contributed by atoms with Gasteiger partial charge in [0.2, 0.25) is 5.91 Å². The Balaban J connectivity index is 2.26. The Labute approximate surface area is 107 Å². The third-order valence-electron chi connectivity index (χ3n) is 2.18. The second-order valence-corrected chi connectivity index (χ2v) is 4.73. The van der Waals surface area contributed by atoms with Gasteiger partial charge in [-0.1, -0.05) is 43.6 Å². The van der Waals surface area contributed by atoms with Crippen LogP contribution in [0.3, 0.4) is 0 Å². The lowest BCUT2D eigenvalue weighted by atomic mass is 10.1. The van der Waals surface area contributed by atoms with E-state index in [9.17, 15) is 4.79 Å². The van der Waals surface area contributed by atoms with E-state index in [-0.39, 0.29) is 5.91 Å². The Morgan fingerprint density at radius 3 is 2.76 bits per heavy atom. The van der Waals surface area contributed by atoms with E-state index in [1.54, 1.807) is 0 Å². The molecule has 17 heavy (non-hydrogen) atoms. The van der Waals surface area contributed by atoms with E-state index in [1.165, 1.54) is 0 Å². The average Bonchev–Trinajstić information content (AvgIpc) is 2.27. The largest absolute Gasteiger partial charge is 0.273 e. The summed E-state index contributed by atoms with van der Waals surface area (Å²) in [5.74, 6) is 0.282. The second-order valence-electron chi connectivity index (χ2n) is 4.32. The van der Waals surface area contributed by atoms with Crippen molar-refractivity contribution in [2.45, 2.75) is 26.7 Å². The standard InChI is InChI=1S/C13H18ClNO2/c1-10(2)9-17-15-13(16)8-7-11-5-3-4-6-12(11)14/h3-6,10H,7-9H2,1-2H3,(H,15,16). The minimum absolute atomic E-state index is 0.120. The van der Waals surface area contributed by atoms with Gasteiger partial charge in [-0.2, -0.15) is 0 Å². The normalized spacial score (nSPS) is 10.6. The van der Waals surface area contributed by atoms with Gasteiger partial charge in [0.25, 0.3) is 0 Å². The second kappa shape index (κ2) is 7.30. The third kappa shape index (κ3) is 5.71. The first-order chi connectivity index (χ1) is 8.09. The maximum absolute atomic E-state index is 11.4. The summed E-state index contributed by atoms with van der Waals surface area (Å²) in [4.78, 5) is 16.5. The number of hydrogen-bond acceptors (Lipinski definition) is 2. The fourth-order valence-electron chi connectivity index (χ4n) is 1.29. The summed E-state index contributed by atoms with van der Waals surface area (Å²) in [7, 11) is 0. The molecule has 0 aromatic heterocycles. The molecule has 4 heteroatoms. The zero-order chi connectivity index (χ0) is 12.7. The van der Waals surface area contributed by atoms with Gasteiger partial charge in [0.15, 0.2) is 0 Å². The molecule has 0 aliphatic carbocycles. The third-order valence-corrected chi connectivity index (χ3v) is 2.55. The van der Waals surface area contributed by atoms with Crippen LogP contribution in [0.2, 0.25) is 5.02 Å². The van der Waals surface area contributed by atoms with Crippen molar-refractivity contribution in [1.29, 1.82) is 0 Å². The minimum Gasteiger partial charge on any atom is -0.273 e. The number of rotatable bonds is 6. The van der Waals surface area contributed by atoms with Crippen LogP contribution in [-0.4, -0.2) is 12.5 Å². The molecule has 0 saturated carbocycles. The lowest BCUT2D eigenvalue weighted by molar-refractivity contribution is -0.134. The number of hydrogen-bond donors (Lipinski definition) is 1. The van der Waals surface area contributed by atoms with Gasteiger partial charge >= 0.3 is 0 Å². The molecule has 0 spiro atoms. The Morgan fingerprint density at radius 2 is 2.12 bits per heavy atom. The highest BCUT2D eigenvalue weighted by Crippen LogP contribution is 2.16. The Kier molecular flexibility index (Phi) is 6.01. The number of halogens is 1. The number of aryl methyl sites for hydroxylation is 1. The first-order valence-electron chi connectivity index (χ1n) is 5.73. The van der Waals surface area contributed by atoms with Gasteiger partial charge in [0, 0.05) is 11.4 Å². The van der Waals surface area contributed by atoms with Crippen molar-refractivity contribution < 1.29 is 9.63 Å². The van der Waals surface area contributed by atoms with E-state index in [2.05, 4.69) is 5.48 Å². The molecule has 1 N–H and O–H groups in total. The van der Waals surface area contributed by atoms with Gasteiger partial charge in [-0.15, -0.1) is 0 Å². The molecular weight excluding hydrogens is 238 g/mol. The molecule has 0 fully saturated rings. The number of nitrogens with one attached hydrogen (secondary N) is 1. The van der Waals surface area contributed by atoms with Crippen molar-refractivity contribution in [3.8, 4) is 0 Å². The average molecular weight is 256 g/mol. The molecule has 0 bridgehead atoms. The fraction of sp³-hybridized carbons (Fsp3) is 0.462. The molecule has 0 aliphatic heterocycles. The Morgan fingerprint density at radius 1 is 1.41 bits per heavy atom. The highest BCUT2D eigenvalue weighted by atomic mass is 35.5. The fourth-order valence-corrected chi connectivity index (χ4v) is 1.52. The molecule has 0 heterocycles. The predicted octanol–water partition coefficient (Wildman–Crippen LogP) is 2.98. The summed E-state index contributed by atoms with van der Waals surface area (Å²) >= 11 is 5.99. The molecule has 1 aromatic rings. The first-order valence-corrected chi connectivity index (χ1v) is 6.11. The number of benzene rings is 1. The summed E-state index contributed by atoms with van der Waals surface area (Å²) in [6, 6.07) is 7.53. The van der Waals surface area contributed by atoms with Crippen molar-refractivity contribution in [1.82, 2.24) is 5.48 Å². The maximum atomic E-state index is 11.4. The van der Waals surface area contributed by atoms with Crippen LogP contribution in [0, 0.1) is 5.92 Å². The van der Waals surface area contributed by atoms with E-state index >= 15 is 0 Å². The maximum Gasteiger partial charge on any atom is 0.243 e. The van der Waals surface area contributed by atoms with E-state index in [0.29, 0.717) is 30.4 Å². The molecule has 0 aliphatic rings. The lowest BCUT2D eigenvalue weighted by Crippen LogP contribution is -2.25. The molecule has 0 saturated heterocycles. The van der Waals surface area contributed by atoms with Crippen LogP contribution in [0.4, 0.5) is 0 Å². The van der Waals surface area contributed by atoms with Gasteiger partial charge in [0.05, 0.1) is 6.61 Å². The molecule has 1 rings (SSSR count). The number of hydroxylamine groups is 1. The van der Waals surface area contributed by atoms with E-state index < -0.39 is 0 Å². The van der Waals surface area contributed by atoms with Crippen LogP contribution in [0.5, 0.6) is 0 Å².